The summed E-state index contributed by atoms with van der Waals surface area (Å²) in [5.74, 6) is 0.546. The summed E-state index contributed by atoms with van der Waals surface area (Å²) in [7, 11) is 0. The second-order valence-electron chi connectivity index (χ2n) is 5.89. The van der Waals surface area contributed by atoms with Crippen LogP contribution in [0.5, 0.6) is 0 Å². The van der Waals surface area contributed by atoms with Gasteiger partial charge in [-0.1, -0.05) is 18.2 Å². The van der Waals surface area contributed by atoms with Crippen LogP contribution in [-0.4, -0.2) is 21.9 Å². The highest BCUT2D eigenvalue weighted by Crippen LogP contribution is 2.19. The lowest BCUT2D eigenvalue weighted by Gasteiger charge is -2.16. The van der Waals surface area contributed by atoms with Gasteiger partial charge in [0.1, 0.15) is 18.2 Å². The van der Waals surface area contributed by atoms with Crippen molar-refractivity contribution in [3.05, 3.63) is 59.9 Å². The number of benzene rings is 2. The average Bonchev–Trinajstić information content (AvgIpc) is 2.58. The minimum atomic E-state index is -0.426. The van der Waals surface area contributed by atoms with Gasteiger partial charge in [-0.3, -0.25) is 4.79 Å². The molecule has 0 saturated carbocycles. The smallest absolute Gasteiger partial charge is 0.246 e. The Morgan fingerprint density at radius 3 is 2.62 bits per heavy atom. The number of fused-ring (bicyclic) bond motifs is 1. The monoisotopic (exact) mass is 320 g/mol. The molecule has 1 amide bonds. The molecule has 5 heteroatoms. The van der Waals surface area contributed by atoms with Crippen molar-refractivity contribution >= 4 is 28.3 Å². The summed E-state index contributed by atoms with van der Waals surface area (Å²) < 4.78 is 0. The summed E-state index contributed by atoms with van der Waals surface area (Å²) in [5.41, 5.74) is 3.99. The maximum absolute atomic E-state index is 12.4. The molecular formula is C19H20N4O. The zero-order valence-corrected chi connectivity index (χ0v) is 14.0. The fourth-order valence-electron chi connectivity index (χ4n) is 2.46. The molecule has 0 aliphatic carbocycles. The van der Waals surface area contributed by atoms with Gasteiger partial charge in [0.15, 0.2) is 0 Å². The van der Waals surface area contributed by atoms with Gasteiger partial charge in [-0.2, -0.15) is 0 Å². The van der Waals surface area contributed by atoms with Gasteiger partial charge in [0, 0.05) is 11.1 Å². The van der Waals surface area contributed by atoms with Crippen LogP contribution in [0, 0.1) is 13.8 Å². The molecule has 1 atom stereocenters. The Labute approximate surface area is 141 Å². The van der Waals surface area contributed by atoms with E-state index in [1.54, 1.807) is 0 Å². The molecule has 0 spiro atoms. The summed E-state index contributed by atoms with van der Waals surface area (Å²) in [5, 5.41) is 7.00. The molecule has 0 aliphatic heterocycles. The average molecular weight is 320 g/mol. The highest BCUT2D eigenvalue weighted by molar-refractivity contribution is 5.98. The van der Waals surface area contributed by atoms with E-state index in [-0.39, 0.29) is 5.91 Å². The number of carbonyl (C=O) groups excluding carboxylic acids is 1. The topological polar surface area (TPSA) is 66.9 Å². The van der Waals surface area contributed by atoms with Gasteiger partial charge in [-0.15, -0.1) is 0 Å². The van der Waals surface area contributed by atoms with Gasteiger partial charge in [-0.05, 0) is 56.2 Å². The summed E-state index contributed by atoms with van der Waals surface area (Å²) in [4.78, 5) is 20.9. The van der Waals surface area contributed by atoms with Crippen molar-refractivity contribution in [1.29, 1.82) is 0 Å². The van der Waals surface area contributed by atoms with Crippen molar-refractivity contribution in [1.82, 2.24) is 9.97 Å². The zero-order valence-electron chi connectivity index (χ0n) is 14.0. The molecule has 0 bridgehead atoms. The number of aromatic nitrogens is 2. The molecule has 2 N–H and O–H groups in total. The van der Waals surface area contributed by atoms with Crippen LogP contribution in [-0.2, 0) is 4.79 Å². The predicted molar refractivity (Wildman–Crippen MR) is 97.2 cm³/mol. The van der Waals surface area contributed by atoms with Crippen LogP contribution >= 0.6 is 0 Å². The van der Waals surface area contributed by atoms with E-state index in [4.69, 9.17) is 0 Å². The Balaban J connectivity index is 1.75. The van der Waals surface area contributed by atoms with Crippen molar-refractivity contribution in [3.63, 3.8) is 0 Å². The summed E-state index contributed by atoms with van der Waals surface area (Å²) in [6.45, 7) is 5.89. The number of hydrogen-bond acceptors (Lipinski definition) is 4. The Hall–Kier alpha value is -2.95. The van der Waals surface area contributed by atoms with Crippen molar-refractivity contribution in [2.75, 3.05) is 10.6 Å². The third kappa shape index (κ3) is 3.35. The number of para-hydroxylation sites is 1. The molecule has 0 fully saturated rings. The first-order valence-corrected chi connectivity index (χ1v) is 7.89. The van der Waals surface area contributed by atoms with Crippen LogP contribution in [0.2, 0.25) is 0 Å². The number of hydrogen-bond donors (Lipinski definition) is 2. The van der Waals surface area contributed by atoms with Gasteiger partial charge in [0.25, 0.3) is 0 Å². The van der Waals surface area contributed by atoms with E-state index in [9.17, 15) is 4.79 Å². The third-order valence-corrected chi connectivity index (χ3v) is 4.06. The molecule has 3 aromatic rings. The van der Waals surface area contributed by atoms with Gasteiger partial charge in [0.2, 0.25) is 5.91 Å². The molecule has 1 heterocycles. The van der Waals surface area contributed by atoms with Crippen molar-refractivity contribution in [3.8, 4) is 0 Å². The second kappa shape index (κ2) is 6.66. The lowest BCUT2D eigenvalue weighted by molar-refractivity contribution is -0.116. The predicted octanol–water partition coefficient (Wildman–Crippen LogP) is 3.69. The molecule has 3 rings (SSSR count). The van der Waals surface area contributed by atoms with Gasteiger partial charge in [0.05, 0.1) is 5.52 Å². The lowest BCUT2D eigenvalue weighted by atomic mass is 10.1. The van der Waals surface area contributed by atoms with Crippen LogP contribution in [0.25, 0.3) is 10.9 Å². The van der Waals surface area contributed by atoms with E-state index < -0.39 is 6.04 Å². The molecule has 0 aliphatic rings. The Morgan fingerprint density at radius 1 is 1.04 bits per heavy atom. The van der Waals surface area contributed by atoms with Crippen molar-refractivity contribution < 1.29 is 4.79 Å². The number of carbonyl (C=O) groups is 1. The van der Waals surface area contributed by atoms with Crippen LogP contribution < -0.4 is 10.6 Å². The van der Waals surface area contributed by atoms with E-state index in [2.05, 4.69) is 20.6 Å². The molecule has 1 aromatic heterocycles. The number of nitrogens with zero attached hydrogens (tertiary/aromatic N) is 2. The number of anilines is 2. The first-order chi connectivity index (χ1) is 11.5. The van der Waals surface area contributed by atoms with Crippen molar-refractivity contribution in [2.24, 2.45) is 0 Å². The number of rotatable bonds is 4. The Bertz CT molecular complexity index is 886. The summed E-state index contributed by atoms with van der Waals surface area (Å²) in [6, 6.07) is 13.2. The van der Waals surface area contributed by atoms with Gasteiger partial charge >= 0.3 is 0 Å². The number of nitrogens with one attached hydrogen (secondary N) is 2. The molecular weight excluding hydrogens is 300 g/mol. The first-order valence-electron chi connectivity index (χ1n) is 7.89. The molecule has 0 radical (unpaired) electrons. The Morgan fingerprint density at radius 2 is 1.83 bits per heavy atom. The number of aryl methyl sites for hydroxylation is 2. The highest BCUT2D eigenvalue weighted by atomic mass is 16.2. The molecule has 1 unspecified atom stereocenters. The highest BCUT2D eigenvalue weighted by Gasteiger charge is 2.15. The fraction of sp³-hybridized carbons (Fsp3) is 0.211. The number of amides is 1. The lowest BCUT2D eigenvalue weighted by Crippen LogP contribution is -2.32. The van der Waals surface area contributed by atoms with E-state index >= 15 is 0 Å². The second-order valence-corrected chi connectivity index (χ2v) is 5.89. The zero-order chi connectivity index (χ0) is 17.1. The summed E-state index contributed by atoms with van der Waals surface area (Å²) in [6.07, 6.45) is 1.50. The Kier molecular flexibility index (Phi) is 4.42. The SMILES string of the molecule is Cc1ccc(NC(=O)C(C)Nc2ncnc3ccccc23)cc1C. The van der Waals surface area contributed by atoms with Gasteiger partial charge < -0.3 is 10.6 Å². The molecule has 24 heavy (non-hydrogen) atoms. The normalized spacial score (nSPS) is 12.0. The maximum atomic E-state index is 12.4. The maximum Gasteiger partial charge on any atom is 0.246 e. The largest absolute Gasteiger partial charge is 0.358 e. The summed E-state index contributed by atoms with van der Waals surface area (Å²) >= 11 is 0. The van der Waals surface area contributed by atoms with Crippen LogP contribution in [0.15, 0.2) is 48.8 Å². The van der Waals surface area contributed by atoms with E-state index in [1.807, 2.05) is 63.2 Å². The molecule has 122 valence electrons. The molecule has 0 saturated heterocycles. The fourth-order valence-corrected chi connectivity index (χ4v) is 2.46. The van der Waals surface area contributed by atoms with Crippen molar-refractivity contribution in [2.45, 2.75) is 26.8 Å². The standard InChI is InChI=1S/C19H20N4O/c1-12-8-9-15(10-13(12)2)23-19(24)14(3)22-18-16-6-4-5-7-17(16)20-11-21-18/h4-11,14H,1-3H3,(H,23,24)(H,20,21,22). The first kappa shape index (κ1) is 15.9. The minimum absolute atomic E-state index is 0.110. The van der Waals surface area contributed by atoms with Crippen LogP contribution in [0.4, 0.5) is 11.5 Å². The third-order valence-electron chi connectivity index (χ3n) is 4.06. The van der Waals surface area contributed by atoms with Gasteiger partial charge in [-0.25, -0.2) is 9.97 Å². The van der Waals surface area contributed by atoms with E-state index in [1.165, 1.54) is 11.9 Å². The molecule has 5 nitrogen and oxygen atoms in total. The van der Waals surface area contributed by atoms with Crippen LogP contribution in [0.1, 0.15) is 18.1 Å². The van der Waals surface area contributed by atoms with E-state index in [0.29, 0.717) is 5.82 Å². The molecule has 2 aromatic carbocycles. The quantitative estimate of drug-likeness (QED) is 0.769. The minimum Gasteiger partial charge on any atom is -0.358 e. The van der Waals surface area contributed by atoms with E-state index in [0.717, 1.165) is 22.2 Å². The van der Waals surface area contributed by atoms with Crippen LogP contribution in [0.3, 0.4) is 0 Å².